The summed E-state index contributed by atoms with van der Waals surface area (Å²) in [5.74, 6) is 0.826. The lowest BCUT2D eigenvalue weighted by Gasteiger charge is -2.21. The number of aliphatic hydroxyl groups excluding tert-OH is 1. The fourth-order valence-electron chi connectivity index (χ4n) is 3.70. The van der Waals surface area contributed by atoms with Crippen LogP contribution >= 0.6 is 0 Å². The Kier molecular flexibility index (Phi) is 6.40. The fraction of sp³-hybridized carbons (Fsp3) is 0.476. The maximum atomic E-state index is 11.8. The number of nitrogens with two attached hydrogens (primary N) is 1. The van der Waals surface area contributed by atoms with Gasteiger partial charge < -0.3 is 15.7 Å². The molecule has 6 heteroatoms. The minimum absolute atomic E-state index is 0.00903. The van der Waals surface area contributed by atoms with Crippen molar-refractivity contribution in [3.8, 4) is 11.3 Å². The van der Waals surface area contributed by atoms with Crippen molar-refractivity contribution in [3.63, 3.8) is 0 Å². The molecule has 3 N–H and O–H groups in total. The summed E-state index contributed by atoms with van der Waals surface area (Å²) in [4.78, 5) is 22.8. The Labute approximate surface area is 160 Å². The number of carbonyl (C=O) groups excluding carboxylic acids is 1. The van der Waals surface area contributed by atoms with Gasteiger partial charge in [0.05, 0.1) is 12.3 Å². The van der Waals surface area contributed by atoms with Gasteiger partial charge >= 0.3 is 0 Å². The van der Waals surface area contributed by atoms with Crippen LogP contribution in [0.4, 0.5) is 5.82 Å². The van der Waals surface area contributed by atoms with Gasteiger partial charge in [0.15, 0.2) is 0 Å². The summed E-state index contributed by atoms with van der Waals surface area (Å²) in [5.41, 5.74) is 8.61. The highest BCUT2D eigenvalue weighted by molar-refractivity contribution is 5.94. The summed E-state index contributed by atoms with van der Waals surface area (Å²) in [6, 6.07) is 7.36. The number of likely N-dealkylation sites (N-methyl/N-ethyl adjacent to an activating group) is 1. The van der Waals surface area contributed by atoms with Crippen molar-refractivity contribution in [2.75, 3.05) is 25.1 Å². The highest BCUT2D eigenvalue weighted by atomic mass is 16.3. The summed E-state index contributed by atoms with van der Waals surface area (Å²) in [6.45, 7) is 0.438. The second-order valence-corrected chi connectivity index (χ2v) is 7.35. The summed E-state index contributed by atoms with van der Waals surface area (Å²) in [7, 11) is 1.83. The number of amides is 1. The van der Waals surface area contributed by atoms with Gasteiger partial charge in [-0.1, -0.05) is 32.1 Å². The molecule has 0 spiro atoms. The third kappa shape index (κ3) is 5.04. The largest absolute Gasteiger partial charge is 0.395 e. The number of hydrogen-bond acceptors (Lipinski definition) is 5. The van der Waals surface area contributed by atoms with Crippen LogP contribution in [-0.4, -0.2) is 41.2 Å². The summed E-state index contributed by atoms with van der Waals surface area (Å²) in [5, 5.41) is 9.19. The molecule has 0 atom stereocenters. The van der Waals surface area contributed by atoms with Crippen molar-refractivity contribution in [2.45, 2.75) is 38.5 Å². The number of aromatic nitrogens is 2. The van der Waals surface area contributed by atoms with Crippen molar-refractivity contribution in [3.05, 3.63) is 41.7 Å². The minimum atomic E-state index is -0.492. The summed E-state index contributed by atoms with van der Waals surface area (Å²) >= 11 is 0. The molecule has 1 aliphatic carbocycles. The van der Waals surface area contributed by atoms with Crippen LogP contribution in [0.2, 0.25) is 0 Å². The molecular weight excluding hydrogens is 340 g/mol. The molecule has 0 radical (unpaired) electrons. The Balaban J connectivity index is 1.90. The topological polar surface area (TPSA) is 92.3 Å². The van der Waals surface area contributed by atoms with Crippen LogP contribution < -0.4 is 10.6 Å². The smallest absolute Gasteiger partial charge is 0.248 e. The first kappa shape index (κ1) is 19.3. The molecule has 1 amide bonds. The first-order valence-electron chi connectivity index (χ1n) is 9.66. The molecule has 1 aliphatic rings. The van der Waals surface area contributed by atoms with Crippen LogP contribution in [0.5, 0.6) is 0 Å². The first-order valence-corrected chi connectivity index (χ1v) is 9.66. The third-order valence-corrected chi connectivity index (χ3v) is 5.26. The molecular formula is C21H28N4O2. The Morgan fingerprint density at radius 1 is 1.26 bits per heavy atom. The average molecular weight is 368 g/mol. The van der Waals surface area contributed by atoms with E-state index in [0.717, 1.165) is 17.7 Å². The summed E-state index contributed by atoms with van der Waals surface area (Å²) < 4.78 is 0. The Morgan fingerprint density at radius 2 is 2.04 bits per heavy atom. The van der Waals surface area contributed by atoms with Gasteiger partial charge in [-0.25, -0.2) is 4.98 Å². The maximum absolute atomic E-state index is 11.8. The van der Waals surface area contributed by atoms with E-state index >= 15 is 0 Å². The van der Waals surface area contributed by atoms with Crippen LogP contribution in [0.15, 0.2) is 30.5 Å². The predicted molar refractivity (Wildman–Crippen MR) is 107 cm³/mol. The Hall–Kier alpha value is -2.47. The van der Waals surface area contributed by atoms with E-state index < -0.39 is 5.91 Å². The highest BCUT2D eigenvalue weighted by Crippen LogP contribution is 2.28. The number of hydrogen-bond donors (Lipinski definition) is 2. The lowest BCUT2D eigenvalue weighted by atomic mass is 9.86. The number of primary amides is 1. The minimum Gasteiger partial charge on any atom is -0.395 e. The molecule has 6 nitrogen and oxygen atoms in total. The maximum Gasteiger partial charge on any atom is 0.248 e. The zero-order chi connectivity index (χ0) is 19.2. The van der Waals surface area contributed by atoms with E-state index in [4.69, 9.17) is 5.73 Å². The van der Waals surface area contributed by atoms with E-state index in [1.54, 1.807) is 17.0 Å². The molecule has 144 valence electrons. The van der Waals surface area contributed by atoms with Gasteiger partial charge in [0.2, 0.25) is 5.91 Å². The van der Waals surface area contributed by atoms with E-state index in [2.05, 4.69) is 16.0 Å². The normalized spacial score (nSPS) is 14.9. The molecule has 0 bridgehead atoms. The standard InChI is InChI=1S/C21H28N4O2/c1-25(9-10-26)20-14-17(21(22)27)13-19(24-20)16-7-8-23-18(12-16)11-15-5-3-2-4-6-15/h7-8,12-15,26H,2-6,9-11H2,1H3,(H2,22,27). The number of aliphatic hydroxyl groups is 1. The monoisotopic (exact) mass is 368 g/mol. The van der Waals surface area contributed by atoms with Gasteiger partial charge in [0.25, 0.3) is 0 Å². The number of pyridine rings is 2. The third-order valence-electron chi connectivity index (χ3n) is 5.26. The number of carbonyl (C=O) groups is 1. The molecule has 2 heterocycles. The zero-order valence-electron chi connectivity index (χ0n) is 15.9. The molecule has 0 saturated heterocycles. The van der Waals surface area contributed by atoms with E-state index in [0.29, 0.717) is 29.5 Å². The van der Waals surface area contributed by atoms with Crippen molar-refractivity contribution < 1.29 is 9.90 Å². The van der Waals surface area contributed by atoms with Crippen LogP contribution in [0, 0.1) is 5.92 Å². The van der Waals surface area contributed by atoms with Gasteiger partial charge in [-0.2, -0.15) is 0 Å². The number of nitrogens with zero attached hydrogens (tertiary/aromatic N) is 3. The SMILES string of the molecule is CN(CCO)c1cc(C(N)=O)cc(-c2ccnc(CC3CCCCC3)c2)n1. The molecule has 0 aromatic carbocycles. The molecule has 3 rings (SSSR count). The van der Waals surface area contributed by atoms with Crippen molar-refractivity contribution in [2.24, 2.45) is 11.7 Å². The molecule has 1 fully saturated rings. The van der Waals surface area contributed by atoms with Crippen molar-refractivity contribution >= 4 is 11.7 Å². The van der Waals surface area contributed by atoms with Crippen LogP contribution in [0.1, 0.15) is 48.2 Å². The van der Waals surface area contributed by atoms with E-state index in [1.807, 2.05) is 19.3 Å². The Bertz CT molecular complexity index is 788. The molecule has 27 heavy (non-hydrogen) atoms. The van der Waals surface area contributed by atoms with E-state index in [9.17, 15) is 9.90 Å². The summed E-state index contributed by atoms with van der Waals surface area (Å²) in [6.07, 6.45) is 9.32. The quantitative estimate of drug-likeness (QED) is 0.784. The number of rotatable bonds is 7. The molecule has 1 saturated carbocycles. The molecule has 2 aromatic heterocycles. The van der Waals surface area contributed by atoms with Crippen molar-refractivity contribution in [1.82, 2.24) is 9.97 Å². The second-order valence-electron chi connectivity index (χ2n) is 7.35. The van der Waals surface area contributed by atoms with Crippen LogP contribution in [0.3, 0.4) is 0 Å². The zero-order valence-corrected chi connectivity index (χ0v) is 15.9. The predicted octanol–water partition coefficient (Wildman–Crippen LogP) is 2.79. The molecule has 2 aromatic rings. The van der Waals surface area contributed by atoms with Gasteiger partial charge in [-0.3, -0.25) is 9.78 Å². The molecule has 0 unspecified atom stereocenters. The van der Waals surface area contributed by atoms with Crippen LogP contribution in [0.25, 0.3) is 11.3 Å². The second kappa shape index (κ2) is 8.95. The van der Waals surface area contributed by atoms with Gasteiger partial charge in [-0.05, 0) is 36.6 Å². The number of anilines is 1. The molecule has 0 aliphatic heterocycles. The first-order chi connectivity index (χ1) is 13.1. The Morgan fingerprint density at radius 3 is 2.74 bits per heavy atom. The van der Waals surface area contributed by atoms with Gasteiger partial charge in [-0.15, -0.1) is 0 Å². The van der Waals surface area contributed by atoms with Crippen LogP contribution in [-0.2, 0) is 6.42 Å². The van der Waals surface area contributed by atoms with Gasteiger partial charge in [0.1, 0.15) is 5.82 Å². The van der Waals surface area contributed by atoms with E-state index in [-0.39, 0.29) is 6.61 Å². The van der Waals surface area contributed by atoms with E-state index in [1.165, 1.54) is 32.1 Å². The highest BCUT2D eigenvalue weighted by Gasteiger charge is 2.16. The fourth-order valence-corrected chi connectivity index (χ4v) is 3.70. The lowest BCUT2D eigenvalue weighted by molar-refractivity contribution is 0.1000. The average Bonchev–Trinajstić information content (AvgIpc) is 2.69. The lowest BCUT2D eigenvalue weighted by Crippen LogP contribution is -2.23. The van der Waals surface area contributed by atoms with Gasteiger partial charge in [0, 0.05) is 36.6 Å². The van der Waals surface area contributed by atoms with Crippen molar-refractivity contribution in [1.29, 1.82) is 0 Å².